The largest absolute Gasteiger partial charge is 0.366 e. The Hall–Kier alpha value is -3.20. The fourth-order valence-corrected chi connectivity index (χ4v) is 3.30. The molecule has 1 fully saturated rings. The monoisotopic (exact) mass is 349 g/mol. The van der Waals surface area contributed by atoms with Gasteiger partial charge in [0.15, 0.2) is 5.65 Å². The average molecular weight is 349 g/mol. The highest BCUT2D eigenvalue weighted by molar-refractivity contribution is 5.79. The molecule has 0 saturated carbocycles. The summed E-state index contributed by atoms with van der Waals surface area (Å²) in [6.07, 6.45) is 2.34. The Morgan fingerprint density at radius 1 is 1.12 bits per heavy atom. The SMILES string of the molecule is c1cc(NC2CCCNC2)n2nc(Nc3ccc4n[nH]nc4c3)nc2c1. The van der Waals surface area contributed by atoms with Crippen molar-refractivity contribution in [3.63, 3.8) is 0 Å². The van der Waals surface area contributed by atoms with Crippen LogP contribution >= 0.6 is 0 Å². The first-order valence-electron chi connectivity index (χ1n) is 8.76. The van der Waals surface area contributed by atoms with Gasteiger partial charge in [0.05, 0.1) is 0 Å². The van der Waals surface area contributed by atoms with Crippen LogP contribution in [0.25, 0.3) is 16.7 Å². The first-order valence-corrected chi connectivity index (χ1v) is 8.76. The molecule has 3 aromatic heterocycles. The number of aromatic nitrogens is 6. The van der Waals surface area contributed by atoms with Crippen LogP contribution < -0.4 is 16.0 Å². The number of hydrogen-bond donors (Lipinski definition) is 4. The van der Waals surface area contributed by atoms with Gasteiger partial charge in [0.25, 0.3) is 0 Å². The molecule has 9 nitrogen and oxygen atoms in total. The van der Waals surface area contributed by atoms with Crippen molar-refractivity contribution in [1.82, 2.24) is 35.3 Å². The lowest BCUT2D eigenvalue weighted by atomic mass is 10.1. The van der Waals surface area contributed by atoms with Gasteiger partial charge in [-0.2, -0.15) is 24.9 Å². The first-order chi connectivity index (χ1) is 12.8. The molecule has 0 aliphatic carbocycles. The van der Waals surface area contributed by atoms with Crippen molar-refractivity contribution in [2.45, 2.75) is 18.9 Å². The third-order valence-corrected chi connectivity index (χ3v) is 4.58. The van der Waals surface area contributed by atoms with E-state index < -0.39 is 0 Å². The number of nitrogens with zero attached hydrogens (tertiary/aromatic N) is 5. The minimum atomic E-state index is 0.407. The van der Waals surface area contributed by atoms with Gasteiger partial charge >= 0.3 is 0 Å². The molecule has 0 amide bonds. The summed E-state index contributed by atoms with van der Waals surface area (Å²) in [7, 11) is 0. The summed E-state index contributed by atoms with van der Waals surface area (Å²) in [6.45, 7) is 2.06. The summed E-state index contributed by atoms with van der Waals surface area (Å²) in [5, 5.41) is 25.6. The summed E-state index contributed by atoms with van der Waals surface area (Å²) in [6, 6.07) is 12.1. The topological polar surface area (TPSA) is 108 Å². The first kappa shape index (κ1) is 15.1. The number of rotatable bonds is 4. The van der Waals surface area contributed by atoms with E-state index in [1.54, 1.807) is 0 Å². The quantitative estimate of drug-likeness (QED) is 0.446. The second kappa shape index (κ2) is 6.26. The second-order valence-corrected chi connectivity index (χ2v) is 6.46. The molecule has 1 saturated heterocycles. The molecule has 4 heterocycles. The maximum Gasteiger partial charge on any atom is 0.247 e. The lowest BCUT2D eigenvalue weighted by Crippen LogP contribution is -2.38. The van der Waals surface area contributed by atoms with Crippen LogP contribution in [0.15, 0.2) is 36.4 Å². The number of fused-ring (bicyclic) bond motifs is 2. The molecule has 5 rings (SSSR count). The van der Waals surface area contributed by atoms with Gasteiger partial charge in [-0.25, -0.2) is 0 Å². The summed E-state index contributed by atoms with van der Waals surface area (Å²) in [4.78, 5) is 4.57. The van der Waals surface area contributed by atoms with Crippen LogP contribution in [0, 0.1) is 0 Å². The highest BCUT2D eigenvalue weighted by atomic mass is 15.4. The minimum absolute atomic E-state index is 0.407. The van der Waals surface area contributed by atoms with Gasteiger partial charge in [0.2, 0.25) is 5.95 Å². The van der Waals surface area contributed by atoms with E-state index in [2.05, 4.69) is 41.4 Å². The molecule has 0 radical (unpaired) electrons. The lowest BCUT2D eigenvalue weighted by molar-refractivity contribution is 0.478. The normalized spacial score (nSPS) is 17.6. The average Bonchev–Trinajstić information content (AvgIpc) is 3.29. The Bertz CT molecular complexity index is 1040. The van der Waals surface area contributed by atoms with Crippen molar-refractivity contribution < 1.29 is 0 Å². The van der Waals surface area contributed by atoms with E-state index in [9.17, 15) is 0 Å². The van der Waals surface area contributed by atoms with Gasteiger partial charge in [0.1, 0.15) is 16.9 Å². The molecule has 0 spiro atoms. The van der Waals surface area contributed by atoms with Crippen LogP contribution in [-0.4, -0.2) is 49.1 Å². The van der Waals surface area contributed by atoms with E-state index in [1.165, 1.54) is 6.42 Å². The van der Waals surface area contributed by atoms with Crippen LogP contribution in [0.5, 0.6) is 0 Å². The number of anilines is 3. The van der Waals surface area contributed by atoms with Crippen molar-refractivity contribution in [1.29, 1.82) is 0 Å². The molecule has 1 atom stereocenters. The molecule has 4 aromatic rings. The second-order valence-electron chi connectivity index (χ2n) is 6.46. The molecule has 1 unspecified atom stereocenters. The van der Waals surface area contributed by atoms with Crippen LogP contribution in [-0.2, 0) is 0 Å². The number of benzene rings is 1. The molecule has 132 valence electrons. The van der Waals surface area contributed by atoms with E-state index in [4.69, 9.17) is 0 Å². The summed E-state index contributed by atoms with van der Waals surface area (Å²) in [5.41, 5.74) is 3.29. The van der Waals surface area contributed by atoms with E-state index in [0.29, 0.717) is 12.0 Å². The maximum atomic E-state index is 4.61. The van der Waals surface area contributed by atoms with Crippen molar-refractivity contribution in [2.24, 2.45) is 0 Å². The van der Waals surface area contributed by atoms with Gasteiger partial charge in [0, 0.05) is 18.3 Å². The molecular weight excluding hydrogens is 330 g/mol. The molecular formula is C17H19N9. The van der Waals surface area contributed by atoms with Crippen molar-refractivity contribution >= 4 is 34.1 Å². The lowest BCUT2D eigenvalue weighted by Gasteiger charge is -2.24. The number of piperidine rings is 1. The molecule has 9 heteroatoms. The van der Waals surface area contributed by atoms with E-state index in [-0.39, 0.29) is 0 Å². The van der Waals surface area contributed by atoms with Gasteiger partial charge in [-0.05, 0) is 49.7 Å². The highest BCUT2D eigenvalue weighted by Gasteiger charge is 2.15. The van der Waals surface area contributed by atoms with Crippen LogP contribution in [0.1, 0.15) is 12.8 Å². The Labute approximate surface area is 149 Å². The predicted molar refractivity (Wildman–Crippen MR) is 99.7 cm³/mol. The zero-order valence-corrected chi connectivity index (χ0v) is 14.1. The van der Waals surface area contributed by atoms with Gasteiger partial charge in [-0.1, -0.05) is 6.07 Å². The number of H-pyrrole nitrogens is 1. The third-order valence-electron chi connectivity index (χ3n) is 4.58. The summed E-state index contributed by atoms with van der Waals surface area (Å²) in [5.74, 6) is 1.49. The zero-order valence-electron chi connectivity index (χ0n) is 14.1. The van der Waals surface area contributed by atoms with Crippen LogP contribution in [0.4, 0.5) is 17.5 Å². The number of aromatic amines is 1. The number of nitrogens with one attached hydrogen (secondary N) is 4. The number of pyridine rings is 1. The van der Waals surface area contributed by atoms with Crippen molar-refractivity contribution in [3.05, 3.63) is 36.4 Å². The Balaban J connectivity index is 1.42. The van der Waals surface area contributed by atoms with Crippen molar-refractivity contribution in [2.75, 3.05) is 23.7 Å². The van der Waals surface area contributed by atoms with Crippen LogP contribution in [0.3, 0.4) is 0 Å². The molecule has 1 aliphatic heterocycles. The Morgan fingerprint density at radius 2 is 2.08 bits per heavy atom. The fraction of sp³-hybridized carbons (Fsp3) is 0.294. The fourth-order valence-electron chi connectivity index (χ4n) is 3.30. The molecule has 4 N–H and O–H groups in total. The van der Waals surface area contributed by atoms with Gasteiger partial charge in [-0.3, -0.25) is 0 Å². The van der Waals surface area contributed by atoms with E-state index >= 15 is 0 Å². The molecule has 0 bridgehead atoms. The maximum absolute atomic E-state index is 4.61. The van der Waals surface area contributed by atoms with Gasteiger partial charge in [-0.15, -0.1) is 5.10 Å². The molecule has 1 aliphatic rings. The third kappa shape index (κ3) is 2.82. The van der Waals surface area contributed by atoms with Crippen molar-refractivity contribution in [3.8, 4) is 0 Å². The minimum Gasteiger partial charge on any atom is -0.366 e. The summed E-state index contributed by atoms with van der Waals surface area (Å²) < 4.78 is 1.84. The van der Waals surface area contributed by atoms with Crippen LogP contribution in [0.2, 0.25) is 0 Å². The van der Waals surface area contributed by atoms with E-state index in [0.717, 1.165) is 47.7 Å². The molecule has 1 aromatic carbocycles. The Kier molecular flexibility index (Phi) is 3.64. The Morgan fingerprint density at radius 3 is 3.00 bits per heavy atom. The predicted octanol–water partition coefficient (Wildman–Crippen LogP) is 1.91. The van der Waals surface area contributed by atoms with E-state index in [1.807, 2.05) is 40.9 Å². The van der Waals surface area contributed by atoms with Gasteiger partial charge < -0.3 is 16.0 Å². The zero-order chi connectivity index (χ0) is 17.3. The highest BCUT2D eigenvalue weighted by Crippen LogP contribution is 2.20. The number of hydrogen-bond acceptors (Lipinski definition) is 7. The summed E-state index contributed by atoms with van der Waals surface area (Å²) >= 11 is 0. The molecule has 26 heavy (non-hydrogen) atoms. The smallest absolute Gasteiger partial charge is 0.247 e. The standard InChI is InChI=1S/C17H19N9/c1-4-15(19-12-3-2-8-18-10-12)26-16(5-1)21-17(24-26)20-11-6-7-13-14(9-11)23-25-22-13/h1,4-7,9,12,18-19H,2-3,8,10H2,(H,20,24)(H,22,23,25).